The predicted molar refractivity (Wildman–Crippen MR) is 104 cm³/mol. The van der Waals surface area contributed by atoms with E-state index in [2.05, 4.69) is 4.74 Å². The normalized spacial score (nSPS) is 10.1. The summed E-state index contributed by atoms with van der Waals surface area (Å²) < 4.78 is 20.9. The van der Waals surface area contributed by atoms with Crippen molar-refractivity contribution in [3.63, 3.8) is 0 Å². The van der Waals surface area contributed by atoms with E-state index in [1.807, 2.05) is 18.2 Å². The van der Waals surface area contributed by atoms with Gasteiger partial charge in [0.1, 0.15) is 23.9 Å². The molecule has 150 valence electrons. The summed E-state index contributed by atoms with van der Waals surface area (Å²) in [5.41, 5.74) is 0. The summed E-state index contributed by atoms with van der Waals surface area (Å²) in [5, 5.41) is 0. The van der Waals surface area contributed by atoms with Crippen LogP contribution < -0.4 is 14.2 Å². The van der Waals surface area contributed by atoms with Crippen molar-refractivity contribution < 1.29 is 28.5 Å². The van der Waals surface area contributed by atoms with Gasteiger partial charge in [-0.25, -0.2) is 0 Å². The predicted octanol–water partition coefficient (Wildman–Crippen LogP) is 2.54. The van der Waals surface area contributed by atoms with E-state index >= 15 is 0 Å². The van der Waals surface area contributed by atoms with Gasteiger partial charge < -0.3 is 23.8 Å². The van der Waals surface area contributed by atoms with Crippen molar-refractivity contribution in [1.29, 1.82) is 0 Å². The SMILES string of the molecule is COC(=O)CCN(CCOc1ccc(OC)cc1)C(=O)COc1ccccc1. The summed E-state index contributed by atoms with van der Waals surface area (Å²) in [7, 11) is 2.91. The van der Waals surface area contributed by atoms with Gasteiger partial charge in [-0.2, -0.15) is 0 Å². The first-order valence-corrected chi connectivity index (χ1v) is 8.91. The van der Waals surface area contributed by atoms with Crippen molar-refractivity contribution in [2.75, 3.05) is 40.5 Å². The van der Waals surface area contributed by atoms with Gasteiger partial charge >= 0.3 is 5.97 Å². The van der Waals surface area contributed by atoms with E-state index < -0.39 is 0 Å². The second-order valence-corrected chi connectivity index (χ2v) is 5.83. The summed E-state index contributed by atoms with van der Waals surface area (Å²) >= 11 is 0. The van der Waals surface area contributed by atoms with Gasteiger partial charge in [0.05, 0.1) is 27.2 Å². The van der Waals surface area contributed by atoms with Crippen LogP contribution in [0.15, 0.2) is 54.6 Å². The summed E-state index contributed by atoms with van der Waals surface area (Å²) in [6.07, 6.45) is 0.107. The van der Waals surface area contributed by atoms with Gasteiger partial charge in [-0.1, -0.05) is 18.2 Å². The number of amides is 1. The van der Waals surface area contributed by atoms with Crippen LogP contribution in [0, 0.1) is 0 Å². The van der Waals surface area contributed by atoms with E-state index in [-0.39, 0.29) is 38.1 Å². The van der Waals surface area contributed by atoms with Gasteiger partial charge in [0, 0.05) is 6.54 Å². The molecule has 7 nitrogen and oxygen atoms in total. The first kappa shape index (κ1) is 21.1. The Morgan fingerprint density at radius 1 is 0.821 bits per heavy atom. The molecule has 0 aliphatic heterocycles. The quantitative estimate of drug-likeness (QED) is 0.552. The van der Waals surface area contributed by atoms with Crippen molar-refractivity contribution in [3.8, 4) is 17.2 Å². The molecular weight excluding hydrogens is 362 g/mol. The van der Waals surface area contributed by atoms with Crippen molar-refractivity contribution in [3.05, 3.63) is 54.6 Å². The number of carbonyl (C=O) groups excluding carboxylic acids is 2. The van der Waals surface area contributed by atoms with Crippen molar-refractivity contribution in [2.45, 2.75) is 6.42 Å². The highest BCUT2D eigenvalue weighted by Gasteiger charge is 2.16. The molecule has 0 saturated carbocycles. The van der Waals surface area contributed by atoms with Crippen LogP contribution >= 0.6 is 0 Å². The van der Waals surface area contributed by atoms with Gasteiger partial charge in [-0.05, 0) is 36.4 Å². The Morgan fingerprint density at radius 3 is 2.11 bits per heavy atom. The highest BCUT2D eigenvalue weighted by molar-refractivity contribution is 5.78. The fourth-order valence-corrected chi connectivity index (χ4v) is 2.39. The molecule has 2 rings (SSSR count). The Morgan fingerprint density at radius 2 is 1.46 bits per heavy atom. The average Bonchev–Trinajstić information content (AvgIpc) is 2.75. The molecule has 0 aliphatic rings. The van der Waals surface area contributed by atoms with Crippen LogP contribution in [0.3, 0.4) is 0 Å². The first-order chi connectivity index (χ1) is 13.6. The third-order valence-corrected chi connectivity index (χ3v) is 3.96. The Hall–Kier alpha value is -3.22. The van der Waals surface area contributed by atoms with Crippen molar-refractivity contribution in [1.82, 2.24) is 4.90 Å². The number of ether oxygens (including phenoxy) is 4. The van der Waals surface area contributed by atoms with Gasteiger partial charge in [0.25, 0.3) is 5.91 Å². The van der Waals surface area contributed by atoms with Crippen molar-refractivity contribution in [2.24, 2.45) is 0 Å². The van der Waals surface area contributed by atoms with E-state index in [0.717, 1.165) is 5.75 Å². The third kappa shape index (κ3) is 7.19. The minimum absolute atomic E-state index is 0.107. The number of hydrogen-bond donors (Lipinski definition) is 0. The van der Waals surface area contributed by atoms with Crippen LogP contribution in [0.25, 0.3) is 0 Å². The number of nitrogens with zero attached hydrogens (tertiary/aromatic N) is 1. The van der Waals surface area contributed by atoms with E-state index in [9.17, 15) is 9.59 Å². The van der Waals surface area contributed by atoms with Crippen molar-refractivity contribution >= 4 is 11.9 Å². The van der Waals surface area contributed by atoms with Gasteiger partial charge in [0.2, 0.25) is 0 Å². The zero-order chi connectivity index (χ0) is 20.2. The molecule has 2 aromatic carbocycles. The monoisotopic (exact) mass is 387 g/mol. The molecule has 0 spiro atoms. The minimum Gasteiger partial charge on any atom is -0.497 e. The van der Waals surface area contributed by atoms with Gasteiger partial charge in [-0.15, -0.1) is 0 Å². The van der Waals surface area contributed by atoms with Crippen LogP contribution in [-0.4, -0.2) is 57.3 Å². The molecular formula is C21H25NO6. The number of methoxy groups -OCH3 is 2. The lowest BCUT2D eigenvalue weighted by Crippen LogP contribution is -2.39. The molecule has 0 aromatic heterocycles. The maximum absolute atomic E-state index is 12.5. The number of esters is 1. The molecule has 0 atom stereocenters. The molecule has 0 radical (unpaired) electrons. The molecule has 0 N–H and O–H groups in total. The molecule has 0 saturated heterocycles. The lowest BCUT2D eigenvalue weighted by Gasteiger charge is -2.22. The average molecular weight is 387 g/mol. The second-order valence-electron chi connectivity index (χ2n) is 5.83. The highest BCUT2D eigenvalue weighted by Crippen LogP contribution is 2.17. The van der Waals surface area contributed by atoms with E-state index in [1.165, 1.54) is 12.0 Å². The number of benzene rings is 2. The molecule has 2 aromatic rings. The summed E-state index contributed by atoms with van der Waals surface area (Å²) in [6.45, 7) is 0.716. The number of hydrogen-bond acceptors (Lipinski definition) is 6. The fourth-order valence-electron chi connectivity index (χ4n) is 2.39. The van der Waals surface area contributed by atoms with Gasteiger partial charge in [-0.3, -0.25) is 9.59 Å². The highest BCUT2D eigenvalue weighted by atomic mass is 16.5. The topological polar surface area (TPSA) is 74.3 Å². The zero-order valence-corrected chi connectivity index (χ0v) is 16.1. The smallest absolute Gasteiger partial charge is 0.307 e. The first-order valence-electron chi connectivity index (χ1n) is 8.91. The van der Waals surface area contributed by atoms with E-state index in [4.69, 9.17) is 14.2 Å². The minimum atomic E-state index is -0.377. The number of carbonyl (C=O) groups is 2. The fraction of sp³-hybridized carbons (Fsp3) is 0.333. The molecule has 0 heterocycles. The van der Waals surface area contributed by atoms with E-state index in [1.54, 1.807) is 43.5 Å². The van der Waals surface area contributed by atoms with Crippen LogP contribution in [0.5, 0.6) is 17.2 Å². The van der Waals surface area contributed by atoms with Crippen LogP contribution in [0.4, 0.5) is 0 Å². The molecule has 1 amide bonds. The van der Waals surface area contributed by atoms with E-state index in [0.29, 0.717) is 18.0 Å². The Labute approximate surface area is 164 Å². The maximum atomic E-state index is 12.5. The standard InChI is InChI=1S/C21H25NO6/c1-25-17-8-10-19(11-9-17)27-15-14-22(13-12-21(24)26-2)20(23)16-28-18-6-4-3-5-7-18/h3-11H,12-16H2,1-2H3. The molecule has 0 aliphatic carbocycles. The van der Waals surface area contributed by atoms with Crippen LogP contribution in [-0.2, 0) is 14.3 Å². The Balaban J connectivity index is 1.87. The Bertz CT molecular complexity index is 732. The molecule has 0 fully saturated rings. The third-order valence-electron chi connectivity index (χ3n) is 3.96. The molecule has 7 heteroatoms. The second kappa shape index (κ2) is 11.5. The molecule has 0 unspecified atom stereocenters. The lowest BCUT2D eigenvalue weighted by molar-refractivity contribution is -0.142. The molecule has 0 bridgehead atoms. The summed E-state index contributed by atoms with van der Waals surface area (Å²) in [5.74, 6) is 1.41. The Kier molecular flexibility index (Phi) is 8.65. The number of rotatable bonds is 11. The van der Waals surface area contributed by atoms with Crippen LogP contribution in [0.2, 0.25) is 0 Å². The molecule has 28 heavy (non-hydrogen) atoms. The largest absolute Gasteiger partial charge is 0.497 e. The maximum Gasteiger partial charge on any atom is 0.307 e. The number of para-hydroxylation sites is 1. The zero-order valence-electron chi connectivity index (χ0n) is 16.1. The van der Waals surface area contributed by atoms with Gasteiger partial charge in [0.15, 0.2) is 6.61 Å². The van der Waals surface area contributed by atoms with Crippen LogP contribution in [0.1, 0.15) is 6.42 Å². The lowest BCUT2D eigenvalue weighted by atomic mass is 10.3. The summed E-state index contributed by atoms with van der Waals surface area (Å²) in [6, 6.07) is 16.3. The summed E-state index contributed by atoms with van der Waals surface area (Å²) in [4.78, 5) is 25.5.